The Balaban J connectivity index is 1.63. The van der Waals surface area contributed by atoms with E-state index >= 15 is 0 Å². The number of aromatic carboxylic acids is 1. The minimum absolute atomic E-state index is 0.0603. The molecule has 2 aromatic heterocycles. The first-order chi connectivity index (χ1) is 11.5. The van der Waals surface area contributed by atoms with Crippen molar-refractivity contribution in [3.8, 4) is 0 Å². The topological polar surface area (TPSA) is 96.3 Å². The van der Waals surface area contributed by atoms with Crippen molar-refractivity contribution in [3.63, 3.8) is 0 Å². The smallest absolute Gasteiger partial charge is 0.337 e. The predicted octanol–water partition coefficient (Wildman–Crippen LogP) is 1.58. The molecule has 124 valence electrons. The average molecular weight is 326 g/mol. The van der Waals surface area contributed by atoms with Gasteiger partial charge in [0.05, 0.1) is 11.1 Å². The van der Waals surface area contributed by atoms with E-state index in [9.17, 15) is 9.59 Å². The molecule has 3 heterocycles. The van der Waals surface area contributed by atoms with Gasteiger partial charge in [-0.15, -0.1) is 0 Å². The number of carbonyl (C=O) groups excluding carboxylic acids is 1. The molecule has 1 amide bonds. The van der Waals surface area contributed by atoms with Gasteiger partial charge in [-0.2, -0.15) is 0 Å². The van der Waals surface area contributed by atoms with E-state index in [-0.39, 0.29) is 11.5 Å². The summed E-state index contributed by atoms with van der Waals surface area (Å²) in [5.74, 6) is -0.107. The van der Waals surface area contributed by atoms with Gasteiger partial charge in [0.1, 0.15) is 5.82 Å². The third kappa shape index (κ3) is 3.56. The molecule has 7 nitrogen and oxygen atoms in total. The van der Waals surface area contributed by atoms with Crippen molar-refractivity contribution in [2.75, 3.05) is 13.1 Å². The molecule has 0 bridgehead atoms. The lowest BCUT2D eigenvalue weighted by Crippen LogP contribution is -2.29. The van der Waals surface area contributed by atoms with Crippen LogP contribution in [0.4, 0.5) is 0 Å². The molecule has 2 aromatic rings. The first kappa shape index (κ1) is 16.0. The maximum atomic E-state index is 12.5. The SMILES string of the molecule is Cc1ncc(C(=O)N2CCC(Cc3cncc(C(=O)O)c3)C2)cn1. The summed E-state index contributed by atoms with van der Waals surface area (Å²) in [6.07, 6.45) is 7.73. The van der Waals surface area contributed by atoms with Gasteiger partial charge in [0, 0.05) is 37.9 Å². The van der Waals surface area contributed by atoms with Crippen molar-refractivity contribution >= 4 is 11.9 Å². The highest BCUT2D eigenvalue weighted by molar-refractivity contribution is 5.93. The molecule has 0 saturated carbocycles. The molecule has 1 aliphatic heterocycles. The van der Waals surface area contributed by atoms with E-state index < -0.39 is 5.97 Å². The fourth-order valence-electron chi connectivity index (χ4n) is 2.92. The maximum absolute atomic E-state index is 12.5. The first-order valence-electron chi connectivity index (χ1n) is 7.78. The lowest BCUT2D eigenvalue weighted by atomic mass is 9.99. The van der Waals surface area contributed by atoms with Gasteiger partial charge >= 0.3 is 5.97 Å². The van der Waals surface area contributed by atoms with Crippen LogP contribution in [0.25, 0.3) is 0 Å². The van der Waals surface area contributed by atoms with E-state index in [0.29, 0.717) is 36.8 Å². The molecule has 3 rings (SSSR count). The average Bonchev–Trinajstić information content (AvgIpc) is 3.03. The Hall–Kier alpha value is -2.83. The highest BCUT2D eigenvalue weighted by Crippen LogP contribution is 2.22. The van der Waals surface area contributed by atoms with E-state index in [0.717, 1.165) is 12.0 Å². The zero-order valence-electron chi connectivity index (χ0n) is 13.3. The summed E-state index contributed by atoms with van der Waals surface area (Å²) in [4.78, 5) is 37.4. The highest BCUT2D eigenvalue weighted by Gasteiger charge is 2.27. The third-order valence-corrected chi connectivity index (χ3v) is 4.17. The molecule has 24 heavy (non-hydrogen) atoms. The van der Waals surface area contributed by atoms with Crippen molar-refractivity contribution in [1.82, 2.24) is 19.9 Å². The summed E-state index contributed by atoms with van der Waals surface area (Å²) < 4.78 is 0. The lowest BCUT2D eigenvalue weighted by Gasteiger charge is -2.16. The van der Waals surface area contributed by atoms with E-state index in [4.69, 9.17) is 5.11 Å². The highest BCUT2D eigenvalue weighted by atomic mass is 16.4. The molecule has 0 spiro atoms. The Kier molecular flexibility index (Phi) is 4.50. The number of rotatable bonds is 4. The Labute approximate surface area is 139 Å². The molecule has 0 radical (unpaired) electrons. The molecular weight excluding hydrogens is 308 g/mol. The monoisotopic (exact) mass is 326 g/mol. The van der Waals surface area contributed by atoms with Crippen LogP contribution >= 0.6 is 0 Å². The Morgan fingerprint density at radius 2 is 1.96 bits per heavy atom. The summed E-state index contributed by atoms with van der Waals surface area (Å²) in [7, 11) is 0. The summed E-state index contributed by atoms with van der Waals surface area (Å²) in [5.41, 5.74) is 1.57. The number of nitrogens with zero attached hydrogens (tertiary/aromatic N) is 4. The van der Waals surface area contributed by atoms with Crippen LogP contribution in [-0.2, 0) is 6.42 Å². The fraction of sp³-hybridized carbons (Fsp3) is 0.353. The number of carbonyl (C=O) groups is 2. The number of hydrogen-bond donors (Lipinski definition) is 1. The number of aromatic nitrogens is 3. The zero-order chi connectivity index (χ0) is 17.1. The van der Waals surface area contributed by atoms with Crippen LogP contribution in [-0.4, -0.2) is 49.9 Å². The van der Waals surface area contributed by atoms with Crippen molar-refractivity contribution in [2.24, 2.45) is 5.92 Å². The Morgan fingerprint density at radius 3 is 2.67 bits per heavy atom. The zero-order valence-corrected chi connectivity index (χ0v) is 13.3. The second-order valence-corrected chi connectivity index (χ2v) is 6.02. The third-order valence-electron chi connectivity index (χ3n) is 4.17. The summed E-state index contributed by atoms with van der Waals surface area (Å²) >= 11 is 0. The van der Waals surface area contributed by atoms with Crippen molar-refractivity contribution in [3.05, 3.63) is 53.4 Å². The van der Waals surface area contributed by atoms with Gasteiger partial charge < -0.3 is 10.0 Å². The van der Waals surface area contributed by atoms with Crippen molar-refractivity contribution in [2.45, 2.75) is 19.8 Å². The molecule has 1 N–H and O–H groups in total. The molecule has 0 aromatic carbocycles. The summed E-state index contributed by atoms with van der Waals surface area (Å²) in [6, 6.07) is 1.65. The van der Waals surface area contributed by atoms with Gasteiger partial charge in [0.15, 0.2) is 0 Å². The molecule has 1 saturated heterocycles. The van der Waals surface area contributed by atoms with Gasteiger partial charge in [-0.25, -0.2) is 14.8 Å². The van der Waals surface area contributed by atoms with Crippen LogP contribution in [0.2, 0.25) is 0 Å². The Morgan fingerprint density at radius 1 is 1.21 bits per heavy atom. The lowest BCUT2D eigenvalue weighted by molar-refractivity contribution is 0.0695. The molecule has 1 fully saturated rings. The fourth-order valence-corrected chi connectivity index (χ4v) is 2.92. The van der Waals surface area contributed by atoms with Crippen LogP contribution in [0.3, 0.4) is 0 Å². The maximum Gasteiger partial charge on any atom is 0.337 e. The van der Waals surface area contributed by atoms with E-state index in [1.165, 1.54) is 6.20 Å². The summed E-state index contributed by atoms with van der Waals surface area (Å²) in [6.45, 7) is 3.10. The molecule has 1 atom stereocenters. The standard InChI is InChI=1S/C17H18N4O3/c1-11-19-8-15(9-20-11)16(22)21-3-2-12(10-21)4-13-5-14(17(23)24)7-18-6-13/h5-9,12H,2-4,10H2,1H3,(H,23,24). The van der Waals surface area contributed by atoms with E-state index in [2.05, 4.69) is 15.0 Å². The molecule has 0 aliphatic carbocycles. The molecule has 1 aliphatic rings. The van der Waals surface area contributed by atoms with Gasteiger partial charge in [-0.3, -0.25) is 9.78 Å². The van der Waals surface area contributed by atoms with Gasteiger partial charge in [-0.1, -0.05) is 0 Å². The number of carboxylic acids is 1. The minimum atomic E-state index is -0.980. The van der Waals surface area contributed by atoms with Gasteiger partial charge in [0.25, 0.3) is 5.91 Å². The largest absolute Gasteiger partial charge is 0.478 e. The number of aryl methyl sites for hydroxylation is 1. The molecule has 7 heteroatoms. The quantitative estimate of drug-likeness (QED) is 0.916. The molecule has 1 unspecified atom stereocenters. The number of pyridine rings is 1. The second kappa shape index (κ2) is 6.74. The summed E-state index contributed by atoms with van der Waals surface area (Å²) in [5, 5.41) is 9.03. The van der Waals surface area contributed by atoms with Crippen LogP contribution in [0.1, 0.15) is 38.5 Å². The van der Waals surface area contributed by atoms with Crippen molar-refractivity contribution in [1.29, 1.82) is 0 Å². The number of hydrogen-bond acceptors (Lipinski definition) is 5. The van der Waals surface area contributed by atoms with Crippen LogP contribution in [0, 0.1) is 12.8 Å². The number of likely N-dealkylation sites (tertiary alicyclic amines) is 1. The molecular formula is C17H18N4O3. The van der Waals surface area contributed by atoms with E-state index in [1.807, 2.05) is 0 Å². The van der Waals surface area contributed by atoms with Gasteiger partial charge in [-0.05, 0) is 37.3 Å². The van der Waals surface area contributed by atoms with Crippen molar-refractivity contribution < 1.29 is 14.7 Å². The van der Waals surface area contributed by atoms with Crippen LogP contribution in [0.15, 0.2) is 30.9 Å². The van der Waals surface area contributed by atoms with E-state index in [1.54, 1.807) is 36.5 Å². The normalized spacial score (nSPS) is 17.0. The minimum Gasteiger partial charge on any atom is -0.478 e. The van der Waals surface area contributed by atoms with Gasteiger partial charge in [0.2, 0.25) is 0 Å². The van der Waals surface area contributed by atoms with Crippen LogP contribution < -0.4 is 0 Å². The second-order valence-electron chi connectivity index (χ2n) is 6.02. The Bertz CT molecular complexity index is 761. The number of carboxylic acid groups (broad SMARTS) is 1. The number of amides is 1. The first-order valence-corrected chi connectivity index (χ1v) is 7.78. The van der Waals surface area contributed by atoms with Crippen LogP contribution in [0.5, 0.6) is 0 Å². The predicted molar refractivity (Wildman–Crippen MR) is 85.7 cm³/mol.